The summed E-state index contributed by atoms with van der Waals surface area (Å²) in [6, 6.07) is 0. The summed E-state index contributed by atoms with van der Waals surface area (Å²) in [5.41, 5.74) is 0. The summed E-state index contributed by atoms with van der Waals surface area (Å²) in [6.45, 7) is 7.64. The summed E-state index contributed by atoms with van der Waals surface area (Å²) in [5.74, 6) is 0. The highest BCUT2D eigenvalue weighted by Gasteiger charge is 1.97. The molecular weight excluding hydrogens is 496 g/mol. The highest BCUT2D eigenvalue weighted by atomic mass is 16.5. The maximum Gasteiger partial charge on any atom is 0.0836 e. The smallest absolute Gasteiger partial charge is 0.0836 e. The summed E-state index contributed by atoms with van der Waals surface area (Å²) in [7, 11) is 0. The van der Waals surface area contributed by atoms with Gasteiger partial charge in [-0.05, 0) is 12.8 Å². The number of hydrogen-bond acceptors (Lipinski definition) is 1. The van der Waals surface area contributed by atoms with Gasteiger partial charge in [0.05, 0.1) is 6.61 Å². The molecule has 0 saturated carbocycles. The van der Waals surface area contributed by atoms with Gasteiger partial charge < -0.3 is 4.74 Å². The fourth-order valence-electron chi connectivity index (χ4n) is 6.21. The zero-order valence-electron chi connectivity index (χ0n) is 29.1. The van der Waals surface area contributed by atoms with Crippen LogP contribution in [0.3, 0.4) is 0 Å². The van der Waals surface area contributed by atoms with E-state index in [-0.39, 0.29) is 0 Å². The fraction of sp³-hybridized carbons (Fsp3) is 0.975. The van der Waals surface area contributed by atoms with Gasteiger partial charge in [-0.3, -0.25) is 0 Å². The second-order valence-corrected chi connectivity index (χ2v) is 13.5. The molecule has 0 saturated heterocycles. The molecule has 0 aliphatic heterocycles. The molecule has 0 unspecified atom stereocenters. The molecule has 1 nitrogen and oxygen atoms in total. The van der Waals surface area contributed by atoms with Gasteiger partial charge in [0.25, 0.3) is 0 Å². The predicted octanol–water partition coefficient (Wildman–Crippen LogP) is 15.2. The van der Waals surface area contributed by atoms with Gasteiger partial charge in [-0.1, -0.05) is 232 Å². The minimum Gasteiger partial charge on any atom is -0.376 e. The molecule has 0 amide bonds. The molecule has 41 heavy (non-hydrogen) atoms. The van der Waals surface area contributed by atoms with Crippen molar-refractivity contribution in [3.8, 4) is 0 Å². The van der Waals surface area contributed by atoms with E-state index in [1.165, 1.54) is 225 Å². The summed E-state index contributed by atoms with van der Waals surface area (Å²) in [4.78, 5) is 0. The van der Waals surface area contributed by atoms with Crippen LogP contribution in [0.5, 0.6) is 0 Å². The Balaban J connectivity index is 3.02. The van der Waals surface area contributed by atoms with Crippen LogP contribution < -0.4 is 0 Å². The lowest BCUT2D eigenvalue weighted by Gasteiger charge is -2.05. The first kappa shape index (κ1) is 41.0. The fourth-order valence-corrected chi connectivity index (χ4v) is 6.21. The Hall–Kier alpha value is -0.0400. The molecule has 0 aromatic carbocycles. The second-order valence-electron chi connectivity index (χ2n) is 13.5. The van der Waals surface area contributed by atoms with Crippen molar-refractivity contribution in [1.29, 1.82) is 0 Å². The third-order valence-electron chi connectivity index (χ3n) is 9.16. The first-order valence-corrected chi connectivity index (χ1v) is 19.8. The highest BCUT2D eigenvalue weighted by Crippen LogP contribution is 2.16. The van der Waals surface area contributed by atoms with Crippen molar-refractivity contribution in [3.05, 3.63) is 6.61 Å². The van der Waals surface area contributed by atoms with Gasteiger partial charge >= 0.3 is 0 Å². The molecule has 0 bridgehead atoms. The molecule has 0 fully saturated rings. The molecule has 0 aromatic rings. The molecule has 1 radical (unpaired) electrons. The molecule has 0 aromatic heterocycles. The van der Waals surface area contributed by atoms with Crippen LogP contribution in [-0.4, -0.2) is 6.61 Å². The molecule has 1 heteroatoms. The Bertz CT molecular complexity index is 381. The van der Waals surface area contributed by atoms with E-state index in [1.54, 1.807) is 0 Å². The van der Waals surface area contributed by atoms with Crippen LogP contribution in [0.25, 0.3) is 0 Å². The lowest BCUT2D eigenvalue weighted by molar-refractivity contribution is 0.183. The molecule has 247 valence electrons. The standard InChI is InChI=1S/C40H81O/c1-3-5-7-9-11-13-15-17-19-20-21-22-23-24-25-26-28-30-32-34-36-38-40-41-39-37-35-33-31-29-27-18-16-14-12-10-8-6-4-2/h40H,3-39H2,1-2H3. The third-order valence-corrected chi connectivity index (χ3v) is 9.16. The van der Waals surface area contributed by atoms with Crippen LogP contribution in [0.1, 0.15) is 245 Å². The Morgan fingerprint density at radius 2 is 0.488 bits per heavy atom. The van der Waals surface area contributed by atoms with Crippen LogP contribution in [0.15, 0.2) is 0 Å². The normalized spacial score (nSPS) is 11.6. The first-order chi connectivity index (χ1) is 20.4. The van der Waals surface area contributed by atoms with Crippen molar-refractivity contribution in [3.63, 3.8) is 0 Å². The zero-order valence-corrected chi connectivity index (χ0v) is 29.1. The van der Waals surface area contributed by atoms with Crippen LogP contribution in [-0.2, 0) is 4.74 Å². The molecule has 0 N–H and O–H groups in total. The van der Waals surface area contributed by atoms with Gasteiger partial charge in [-0.15, -0.1) is 0 Å². The van der Waals surface area contributed by atoms with Crippen LogP contribution in [0, 0.1) is 6.61 Å². The topological polar surface area (TPSA) is 9.23 Å². The summed E-state index contributed by atoms with van der Waals surface area (Å²) >= 11 is 0. The van der Waals surface area contributed by atoms with Crippen molar-refractivity contribution in [2.75, 3.05) is 6.61 Å². The van der Waals surface area contributed by atoms with Gasteiger partial charge in [-0.2, -0.15) is 0 Å². The summed E-state index contributed by atoms with van der Waals surface area (Å²) < 4.78 is 5.76. The van der Waals surface area contributed by atoms with E-state index < -0.39 is 0 Å². The average molecular weight is 578 g/mol. The van der Waals surface area contributed by atoms with E-state index in [2.05, 4.69) is 20.5 Å². The Morgan fingerprint density at radius 3 is 0.756 bits per heavy atom. The molecule has 0 aliphatic carbocycles. The Kier molecular flexibility index (Phi) is 39.9. The molecule has 0 aliphatic rings. The molecule has 0 atom stereocenters. The van der Waals surface area contributed by atoms with Crippen LogP contribution >= 0.6 is 0 Å². The van der Waals surface area contributed by atoms with Gasteiger partial charge in [-0.25, -0.2) is 0 Å². The van der Waals surface area contributed by atoms with Gasteiger partial charge in [0, 0.05) is 6.61 Å². The van der Waals surface area contributed by atoms with E-state index >= 15 is 0 Å². The van der Waals surface area contributed by atoms with Gasteiger partial charge in [0.15, 0.2) is 0 Å². The van der Waals surface area contributed by atoms with Gasteiger partial charge in [0.1, 0.15) is 0 Å². The first-order valence-electron chi connectivity index (χ1n) is 19.8. The minimum absolute atomic E-state index is 0.942. The van der Waals surface area contributed by atoms with E-state index in [9.17, 15) is 0 Å². The number of hydrogen-bond donors (Lipinski definition) is 0. The summed E-state index contributed by atoms with van der Waals surface area (Å²) in [5, 5.41) is 0. The number of unbranched alkanes of at least 4 members (excludes halogenated alkanes) is 34. The average Bonchev–Trinajstić information content (AvgIpc) is 2.98. The SMILES string of the molecule is CCCCCCCCCCCCCCCCCCCCCCC[CH]OCCCCCCCCCCCCCCCC. The molecule has 0 rings (SSSR count). The zero-order chi connectivity index (χ0) is 29.6. The van der Waals surface area contributed by atoms with Crippen molar-refractivity contribution in [2.24, 2.45) is 0 Å². The van der Waals surface area contributed by atoms with Crippen molar-refractivity contribution in [2.45, 2.75) is 245 Å². The minimum atomic E-state index is 0.942. The monoisotopic (exact) mass is 578 g/mol. The van der Waals surface area contributed by atoms with E-state index in [4.69, 9.17) is 4.74 Å². The lowest BCUT2D eigenvalue weighted by Crippen LogP contribution is -1.92. The number of ether oxygens (including phenoxy) is 1. The largest absolute Gasteiger partial charge is 0.376 e. The maximum atomic E-state index is 5.76. The van der Waals surface area contributed by atoms with Gasteiger partial charge in [0.2, 0.25) is 0 Å². The van der Waals surface area contributed by atoms with Crippen molar-refractivity contribution in [1.82, 2.24) is 0 Å². The highest BCUT2D eigenvalue weighted by molar-refractivity contribution is 4.55. The lowest BCUT2D eigenvalue weighted by atomic mass is 10.0. The summed E-state index contributed by atoms with van der Waals surface area (Å²) in [6.07, 6.45) is 51.6. The van der Waals surface area contributed by atoms with Crippen molar-refractivity contribution >= 4 is 0 Å². The molecular formula is C40H81O. The van der Waals surface area contributed by atoms with E-state index in [1.807, 2.05) is 0 Å². The second kappa shape index (κ2) is 40.0. The third kappa shape index (κ3) is 40.0. The number of rotatable bonds is 38. The quantitative estimate of drug-likeness (QED) is 0.0663. The molecule has 0 heterocycles. The van der Waals surface area contributed by atoms with Crippen LogP contribution in [0.2, 0.25) is 0 Å². The maximum absolute atomic E-state index is 5.76. The van der Waals surface area contributed by atoms with E-state index in [0.717, 1.165) is 13.0 Å². The van der Waals surface area contributed by atoms with Crippen molar-refractivity contribution < 1.29 is 4.74 Å². The molecule has 0 spiro atoms. The predicted molar refractivity (Wildman–Crippen MR) is 188 cm³/mol. The van der Waals surface area contributed by atoms with E-state index in [0.29, 0.717) is 0 Å². The Morgan fingerprint density at radius 1 is 0.268 bits per heavy atom. The Labute approximate surface area is 262 Å². The van der Waals surface area contributed by atoms with Crippen LogP contribution in [0.4, 0.5) is 0 Å².